The van der Waals surface area contributed by atoms with Gasteiger partial charge in [-0.3, -0.25) is 5.10 Å². The van der Waals surface area contributed by atoms with Gasteiger partial charge < -0.3 is 9.47 Å². The Bertz CT molecular complexity index is 582. The average Bonchev–Trinajstić information content (AvgIpc) is 2.80. The number of primary sulfonamides is 1. The molecule has 0 saturated heterocycles. The first-order chi connectivity index (χ1) is 9.81. The molecule has 1 unspecified atom stereocenters. The number of nitrogens with zero attached hydrogens (tertiary/aromatic N) is 1. The van der Waals surface area contributed by atoms with Crippen LogP contribution < -0.4 is 5.14 Å². The second-order valence-corrected chi connectivity index (χ2v) is 6.05. The summed E-state index contributed by atoms with van der Waals surface area (Å²) in [5.41, 5.74) is -0.00582. The number of aryl methyl sites for hydroxylation is 1. The molecule has 0 radical (unpaired) electrons. The van der Waals surface area contributed by atoms with Crippen molar-refractivity contribution in [1.82, 2.24) is 10.2 Å². The summed E-state index contributed by atoms with van der Waals surface area (Å²) in [7, 11) is -4.07. The topological polar surface area (TPSA) is 124 Å². The Balaban J connectivity index is 2.99. The Morgan fingerprint density at radius 2 is 2.10 bits per heavy atom. The number of nitrogens with one attached hydrogen (secondary N) is 1. The molecule has 21 heavy (non-hydrogen) atoms. The van der Waals surface area contributed by atoms with E-state index < -0.39 is 22.1 Å². The summed E-state index contributed by atoms with van der Waals surface area (Å²) >= 11 is 0. The number of hydrogen-bond donors (Lipinski definition) is 2. The molecule has 120 valence electrons. The SMILES string of the molecule is CCCc1[nH]nc(C(=O)OC(C)COCC)c1S(N)(=O)=O. The highest BCUT2D eigenvalue weighted by Gasteiger charge is 2.28. The molecule has 0 fully saturated rings. The normalized spacial score (nSPS) is 13.1. The Kier molecular flexibility index (Phi) is 6.31. The molecule has 3 N–H and O–H groups in total. The van der Waals surface area contributed by atoms with Crippen molar-refractivity contribution < 1.29 is 22.7 Å². The summed E-state index contributed by atoms with van der Waals surface area (Å²) in [6.45, 7) is 6.05. The zero-order valence-electron chi connectivity index (χ0n) is 12.4. The quantitative estimate of drug-likeness (QED) is 0.676. The summed E-state index contributed by atoms with van der Waals surface area (Å²) in [4.78, 5) is 11.7. The minimum absolute atomic E-state index is 0.221. The molecule has 1 rings (SSSR count). The minimum atomic E-state index is -4.07. The first kappa shape index (κ1) is 17.6. The van der Waals surface area contributed by atoms with Gasteiger partial charge in [-0.15, -0.1) is 0 Å². The van der Waals surface area contributed by atoms with E-state index in [1.807, 2.05) is 13.8 Å². The van der Waals surface area contributed by atoms with E-state index in [1.165, 1.54) is 0 Å². The van der Waals surface area contributed by atoms with Crippen LogP contribution in [-0.2, 0) is 25.9 Å². The van der Waals surface area contributed by atoms with Crippen molar-refractivity contribution in [3.8, 4) is 0 Å². The van der Waals surface area contributed by atoms with Crippen LogP contribution in [0.15, 0.2) is 4.90 Å². The summed E-state index contributed by atoms with van der Waals surface area (Å²) in [6, 6.07) is 0. The summed E-state index contributed by atoms with van der Waals surface area (Å²) in [5.74, 6) is -0.843. The number of H-pyrrole nitrogens is 1. The largest absolute Gasteiger partial charge is 0.455 e. The minimum Gasteiger partial charge on any atom is -0.455 e. The van der Waals surface area contributed by atoms with E-state index in [9.17, 15) is 13.2 Å². The number of carbonyl (C=O) groups excluding carboxylic acids is 1. The summed E-state index contributed by atoms with van der Waals surface area (Å²) < 4.78 is 33.5. The fraction of sp³-hybridized carbons (Fsp3) is 0.667. The number of sulfonamides is 1. The molecule has 0 spiro atoms. The van der Waals surface area contributed by atoms with Gasteiger partial charge in [-0.25, -0.2) is 18.4 Å². The Morgan fingerprint density at radius 1 is 1.43 bits per heavy atom. The lowest BCUT2D eigenvalue weighted by atomic mass is 10.2. The highest BCUT2D eigenvalue weighted by atomic mass is 32.2. The maximum absolute atomic E-state index is 12.0. The average molecular weight is 319 g/mol. The number of aromatic amines is 1. The lowest BCUT2D eigenvalue weighted by Gasteiger charge is -2.12. The van der Waals surface area contributed by atoms with Crippen LogP contribution in [0.25, 0.3) is 0 Å². The molecule has 0 aliphatic carbocycles. The highest BCUT2D eigenvalue weighted by molar-refractivity contribution is 7.89. The second kappa shape index (κ2) is 7.53. The van der Waals surface area contributed by atoms with E-state index in [2.05, 4.69) is 10.2 Å². The van der Waals surface area contributed by atoms with Crippen LogP contribution in [0, 0.1) is 0 Å². The molecule has 1 heterocycles. The smallest absolute Gasteiger partial charge is 0.360 e. The van der Waals surface area contributed by atoms with Crippen LogP contribution in [0.1, 0.15) is 43.4 Å². The number of carbonyl (C=O) groups is 1. The third-order valence-electron chi connectivity index (χ3n) is 2.63. The number of rotatable bonds is 8. The second-order valence-electron chi connectivity index (χ2n) is 4.55. The van der Waals surface area contributed by atoms with Gasteiger partial charge >= 0.3 is 5.97 Å². The maximum Gasteiger partial charge on any atom is 0.360 e. The number of nitrogens with two attached hydrogens (primary N) is 1. The Labute approximate surface area is 124 Å². The van der Waals surface area contributed by atoms with Crippen LogP contribution in [0.3, 0.4) is 0 Å². The van der Waals surface area contributed by atoms with Gasteiger partial charge in [0, 0.05) is 6.61 Å². The fourth-order valence-electron chi connectivity index (χ4n) is 1.79. The van der Waals surface area contributed by atoms with E-state index in [0.717, 1.165) is 0 Å². The van der Waals surface area contributed by atoms with Gasteiger partial charge in [-0.05, 0) is 20.3 Å². The van der Waals surface area contributed by atoms with Crippen molar-refractivity contribution in [3.63, 3.8) is 0 Å². The Morgan fingerprint density at radius 3 is 2.62 bits per heavy atom. The molecule has 0 aliphatic heterocycles. The number of esters is 1. The van der Waals surface area contributed by atoms with Crippen molar-refractivity contribution in [3.05, 3.63) is 11.4 Å². The molecule has 1 aromatic heterocycles. The van der Waals surface area contributed by atoms with E-state index in [1.54, 1.807) is 6.92 Å². The molecule has 0 saturated carbocycles. The Hall–Kier alpha value is -1.45. The molecule has 9 heteroatoms. The van der Waals surface area contributed by atoms with E-state index in [-0.39, 0.29) is 17.2 Å². The first-order valence-electron chi connectivity index (χ1n) is 6.70. The lowest BCUT2D eigenvalue weighted by Crippen LogP contribution is -2.23. The molecule has 0 aromatic carbocycles. The van der Waals surface area contributed by atoms with Crippen LogP contribution in [-0.4, -0.2) is 43.9 Å². The van der Waals surface area contributed by atoms with Gasteiger partial charge in [0.15, 0.2) is 5.69 Å². The lowest BCUT2D eigenvalue weighted by molar-refractivity contribution is 0.00352. The van der Waals surface area contributed by atoms with E-state index >= 15 is 0 Å². The number of aromatic nitrogens is 2. The number of ether oxygens (including phenoxy) is 2. The number of hydrogen-bond acceptors (Lipinski definition) is 6. The molecule has 0 amide bonds. The van der Waals surface area contributed by atoms with Crippen LogP contribution in [0.5, 0.6) is 0 Å². The van der Waals surface area contributed by atoms with Gasteiger partial charge in [0.2, 0.25) is 10.0 Å². The van der Waals surface area contributed by atoms with Crippen molar-refractivity contribution in [2.24, 2.45) is 5.14 Å². The van der Waals surface area contributed by atoms with Crippen molar-refractivity contribution >= 4 is 16.0 Å². The van der Waals surface area contributed by atoms with Crippen molar-refractivity contribution in [2.75, 3.05) is 13.2 Å². The van der Waals surface area contributed by atoms with Crippen LogP contribution in [0.2, 0.25) is 0 Å². The van der Waals surface area contributed by atoms with E-state index in [4.69, 9.17) is 14.6 Å². The predicted octanol–water partition coefficient (Wildman–Crippen LogP) is 0.591. The highest BCUT2D eigenvalue weighted by Crippen LogP contribution is 2.19. The molecular weight excluding hydrogens is 298 g/mol. The van der Waals surface area contributed by atoms with Crippen LogP contribution >= 0.6 is 0 Å². The summed E-state index contributed by atoms with van der Waals surface area (Å²) in [5, 5.41) is 11.4. The van der Waals surface area contributed by atoms with Gasteiger partial charge in [0.05, 0.1) is 12.3 Å². The van der Waals surface area contributed by atoms with Crippen molar-refractivity contribution in [1.29, 1.82) is 0 Å². The molecule has 1 atom stereocenters. The zero-order chi connectivity index (χ0) is 16.0. The molecule has 0 bridgehead atoms. The predicted molar refractivity (Wildman–Crippen MR) is 75.3 cm³/mol. The monoisotopic (exact) mass is 319 g/mol. The van der Waals surface area contributed by atoms with Gasteiger partial charge in [-0.2, -0.15) is 5.10 Å². The van der Waals surface area contributed by atoms with Gasteiger partial charge in [-0.1, -0.05) is 13.3 Å². The first-order valence-corrected chi connectivity index (χ1v) is 8.24. The molecule has 1 aromatic rings. The molecular formula is C12H21N3O5S. The van der Waals surface area contributed by atoms with Crippen LogP contribution in [0.4, 0.5) is 0 Å². The van der Waals surface area contributed by atoms with Gasteiger partial charge in [0.1, 0.15) is 11.0 Å². The van der Waals surface area contributed by atoms with Gasteiger partial charge in [0.25, 0.3) is 0 Å². The zero-order valence-corrected chi connectivity index (χ0v) is 13.2. The third kappa shape index (κ3) is 4.80. The summed E-state index contributed by atoms with van der Waals surface area (Å²) in [6.07, 6.45) is 0.581. The molecule has 0 aliphatic rings. The maximum atomic E-state index is 12.0. The molecule has 8 nitrogen and oxygen atoms in total. The van der Waals surface area contributed by atoms with Crippen molar-refractivity contribution in [2.45, 2.75) is 44.6 Å². The van der Waals surface area contributed by atoms with E-state index in [0.29, 0.717) is 25.1 Å². The third-order valence-corrected chi connectivity index (χ3v) is 3.64. The fourth-order valence-corrected chi connectivity index (χ4v) is 2.68. The standard InChI is InChI=1S/C12H21N3O5S/c1-4-6-9-11(21(13,17)18)10(15-14-9)12(16)20-8(3)7-19-5-2/h8H,4-7H2,1-3H3,(H,14,15)(H2,13,17,18).